The van der Waals surface area contributed by atoms with Crippen LogP contribution in [0.15, 0.2) is 42.5 Å². The second-order valence-corrected chi connectivity index (χ2v) is 4.10. The summed E-state index contributed by atoms with van der Waals surface area (Å²) in [6.07, 6.45) is 0. The van der Waals surface area contributed by atoms with Crippen molar-refractivity contribution in [1.29, 1.82) is 0 Å². The number of nitrogens with zero attached hydrogens (tertiary/aromatic N) is 4. The predicted octanol–water partition coefficient (Wildman–Crippen LogP) is 1.33. The van der Waals surface area contributed by atoms with E-state index in [1.807, 2.05) is 18.2 Å². The van der Waals surface area contributed by atoms with Crippen molar-refractivity contribution in [2.45, 2.75) is 13.1 Å². The molecule has 0 radical (unpaired) electrons. The van der Waals surface area contributed by atoms with Gasteiger partial charge in [-0.3, -0.25) is 0 Å². The number of nitrogens with two attached hydrogens (primary N) is 1. The van der Waals surface area contributed by atoms with Gasteiger partial charge in [0.15, 0.2) is 5.82 Å². The van der Waals surface area contributed by atoms with E-state index >= 15 is 0 Å². The van der Waals surface area contributed by atoms with Gasteiger partial charge in [0, 0.05) is 0 Å². The topological polar surface area (TPSA) is 69.6 Å². The highest BCUT2D eigenvalue weighted by Gasteiger charge is 2.06. The van der Waals surface area contributed by atoms with Gasteiger partial charge in [-0.1, -0.05) is 42.5 Å². The van der Waals surface area contributed by atoms with Crippen LogP contribution in [0.4, 0.5) is 0 Å². The molecular formula is C13H13N5. The van der Waals surface area contributed by atoms with E-state index in [-0.39, 0.29) is 0 Å². The third-order valence-corrected chi connectivity index (χ3v) is 2.99. The number of rotatable bonds is 3. The molecule has 18 heavy (non-hydrogen) atoms. The monoisotopic (exact) mass is 239 g/mol. The van der Waals surface area contributed by atoms with Crippen LogP contribution in [0, 0.1) is 0 Å². The van der Waals surface area contributed by atoms with Gasteiger partial charge in [-0.2, -0.15) is 0 Å². The van der Waals surface area contributed by atoms with Crippen LogP contribution in [-0.2, 0) is 13.1 Å². The fourth-order valence-electron chi connectivity index (χ4n) is 2.08. The summed E-state index contributed by atoms with van der Waals surface area (Å²) in [4.78, 5) is 0. The fourth-order valence-corrected chi connectivity index (χ4v) is 2.08. The third-order valence-electron chi connectivity index (χ3n) is 2.99. The van der Waals surface area contributed by atoms with Gasteiger partial charge in [0.05, 0.1) is 13.1 Å². The van der Waals surface area contributed by atoms with Crippen LogP contribution in [0.5, 0.6) is 0 Å². The van der Waals surface area contributed by atoms with Gasteiger partial charge in [-0.15, -0.1) is 5.10 Å². The molecule has 0 saturated carbocycles. The van der Waals surface area contributed by atoms with Crippen molar-refractivity contribution in [3.63, 3.8) is 0 Å². The van der Waals surface area contributed by atoms with E-state index in [0.717, 1.165) is 0 Å². The summed E-state index contributed by atoms with van der Waals surface area (Å²) >= 11 is 0. The first-order chi connectivity index (χ1) is 8.88. The summed E-state index contributed by atoms with van der Waals surface area (Å²) in [6, 6.07) is 14.5. The number of tetrazole rings is 1. The number of hydrogen-bond acceptors (Lipinski definition) is 4. The van der Waals surface area contributed by atoms with Crippen molar-refractivity contribution in [2.24, 2.45) is 5.73 Å². The molecule has 0 aliphatic carbocycles. The zero-order valence-corrected chi connectivity index (χ0v) is 9.82. The molecule has 0 fully saturated rings. The van der Waals surface area contributed by atoms with Crippen LogP contribution in [0.3, 0.4) is 0 Å². The summed E-state index contributed by atoms with van der Waals surface area (Å²) in [5, 5.41) is 13.9. The molecule has 2 N–H and O–H groups in total. The van der Waals surface area contributed by atoms with E-state index in [4.69, 9.17) is 5.73 Å². The predicted molar refractivity (Wildman–Crippen MR) is 68.8 cm³/mol. The first kappa shape index (κ1) is 10.9. The Labute approximate surface area is 104 Å². The summed E-state index contributed by atoms with van der Waals surface area (Å²) < 4.78 is 1.74. The Bertz CT molecular complexity index is 668. The lowest BCUT2D eigenvalue weighted by atomic mass is 10.0. The molecular weight excluding hydrogens is 226 g/mol. The first-order valence-corrected chi connectivity index (χ1v) is 5.80. The molecule has 0 atom stereocenters. The van der Waals surface area contributed by atoms with Crippen molar-refractivity contribution in [1.82, 2.24) is 20.2 Å². The Hall–Kier alpha value is -2.27. The van der Waals surface area contributed by atoms with Gasteiger partial charge in [0.1, 0.15) is 0 Å². The molecule has 1 heterocycles. The second-order valence-electron chi connectivity index (χ2n) is 4.10. The van der Waals surface area contributed by atoms with Crippen molar-refractivity contribution in [2.75, 3.05) is 0 Å². The lowest BCUT2D eigenvalue weighted by Gasteiger charge is -2.07. The fraction of sp³-hybridized carbons (Fsp3) is 0.154. The molecule has 5 heteroatoms. The Morgan fingerprint density at radius 2 is 1.89 bits per heavy atom. The van der Waals surface area contributed by atoms with Crippen LogP contribution >= 0.6 is 0 Å². The molecule has 0 saturated heterocycles. The molecule has 0 unspecified atom stereocenters. The average Bonchev–Trinajstić information content (AvgIpc) is 2.86. The molecule has 0 aliphatic heterocycles. The highest BCUT2D eigenvalue weighted by atomic mass is 15.5. The van der Waals surface area contributed by atoms with Crippen molar-refractivity contribution in [3.8, 4) is 0 Å². The number of benzene rings is 2. The SMILES string of the molecule is NCc1nnnn1Cc1cccc2ccccc12. The van der Waals surface area contributed by atoms with Gasteiger partial charge in [-0.05, 0) is 26.8 Å². The minimum atomic E-state index is 0.345. The molecule has 90 valence electrons. The Balaban J connectivity index is 2.05. The lowest BCUT2D eigenvalue weighted by molar-refractivity contribution is 0.621. The summed E-state index contributed by atoms with van der Waals surface area (Å²) in [5.74, 6) is 0.697. The Kier molecular flexibility index (Phi) is 2.74. The van der Waals surface area contributed by atoms with E-state index in [1.165, 1.54) is 16.3 Å². The smallest absolute Gasteiger partial charge is 0.165 e. The van der Waals surface area contributed by atoms with E-state index < -0.39 is 0 Å². The van der Waals surface area contributed by atoms with Crippen LogP contribution in [0.2, 0.25) is 0 Å². The maximum atomic E-state index is 5.60. The minimum absolute atomic E-state index is 0.345. The molecule has 0 spiro atoms. The Morgan fingerprint density at radius 3 is 2.78 bits per heavy atom. The molecule has 3 rings (SSSR count). The Morgan fingerprint density at radius 1 is 1.06 bits per heavy atom. The van der Waals surface area contributed by atoms with Gasteiger partial charge in [0.25, 0.3) is 0 Å². The molecule has 1 aromatic heterocycles. The summed E-state index contributed by atoms with van der Waals surface area (Å²) in [6.45, 7) is 0.985. The maximum absolute atomic E-state index is 5.60. The molecule has 5 nitrogen and oxygen atoms in total. The third kappa shape index (κ3) is 1.84. The number of fused-ring (bicyclic) bond motifs is 1. The minimum Gasteiger partial charge on any atom is -0.324 e. The van der Waals surface area contributed by atoms with E-state index in [1.54, 1.807) is 4.68 Å². The van der Waals surface area contributed by atoms with Crippen LogP contribution < -0.4 is 5.73 Å². The molecule has 0 aliphatic rings. The molecule has 3 aromatic rings. The highest BCUT2D eigenvalue weighted by Crippen LogP contribution is 2.19. The molecule has 0 amide bonds. The van der Waals surface area contributed by atoms with Gasteiger partial charge >= 0.3 is 0 Å². The van der Waals surface area contributed by atoms with Crippen LogP contribution in [0.25, 0.3) is 10.8 Å². The second kappa shape index (κ2) is 4.54. The van der Waals surface area contributed by atoms with E-state index in [0.29, 0.717) is 18.9 Å². The molecule has 2 aromatic carbocycles. The zero-order valence-electron chi connectivity index (χ0n) is 9.82. The van der Waals surface area contributed by atoms with Crippen LogP contribution in [-0.4, -0.2) is 20.2 Å². The molecule has 0 bridgehead atoms. The standard InChI is InChI=1S/C13H13N5/c14-8-13-15-16-17-18(13)9-11-6-3-5-10-4-1-2-7-12(10)11/h1-7H,8-9,14H2. The van der Waals surface area contributed by atoms with Crippen molar-refractivity contribution >= 4 is 10.8 Å². The van der Waals surface area contributed by atoms with Gasteiger partial charge < -0.3 is 5.73 Å². The lowest BCUT2D eigenvalue weighted by Crippen LogP contribution is -2.11. The average molecular weight is 239 g/mol. The number of aromatic nitrogens is 4. The summed E-state index contributed by atoms with van der Waals surface area (Å²) in [5.41, 5.74) is 6.79. The number of hydrogen-bond donors (Lipinski definition) is 1. The van der Waals surface area contributed by atoms with Crippen molar-refractivity contribution < 1.29 is 0 Å². The zero-order chi connectivity index (χ0) is 12.4. The van der Waals surface area contributed by atoms with Gasteiger partial charge in [-0.25, -0.2) is 4.68 Å². The van der Waals surface area contributed by atoms with Crippen LogP contribution in [0.1, 0.15) is 11.4 Å². The first-order valence-electron chi connectivity index (χ1n) is 5.80. The van der Waals surface area contributed by atoms with Crippen molar-refractivity contribution in [3.05, 3.63) is 53.9 Å². The highest BCUT2D eigenvalue weighted by molar-refractivity contribution is 5.85. The van der Waals surface area contributed by atoms with Gasteiger partial charge in [0.2, 0.25) is 0 Å². The largest absolute Gasteiger partial charge is 0.324 e. The summed E-state index contributed by atoms with van der Waals surface area (Å²) in [7, 11) is 0. The maximum Gasteiger partial charge on any atom is 0.165 e. The quantitative estimate of drug-likeness (QED) is 0.748. The van der Waals surface area contributed by atoms with E-state index in [9.17, 15) is 0 Å². The van der Waals surface area contributed by atoms with E-state index in [2.05, 4.69) is 39.8 Å². The normalized spacial score (nSPS) is 10.9.